The summed E-state index contributed by atoms with van der Waals surface area (Å²) in [4.78, 5) is 21.4. The molecule has 0 unspecified atom stereocenters. The molecule has 2 saturated heterocycles. The summed E-state index contributed by atoms with van der Waals surface area (Å²) < 4.78 is 38.6. The largest absolute Gasteiger partial charge is 0.417 e. The molecule has 10 heteroatoms. The molecule has 192 valence electrons. The highest BCUT2D eigenvalue weighted by Gasteiger charge is 2.61. The number of amides is 2. The number of hydrogen-bond acceptors (Lipinski definition) is 4. The maximum Gasteiger partial charge on any atom is 0.417 e. The van der Waals surface area contributed by atoms with Gasteiger partial charge in [-0.15, -0.1) is 0 Å². The second-order valence-electron chi connectivity index (χ2n) is 12.0. The van der Waals surface area contributed by atoms with Crippen molar-refractivity contribution in [2.24, 2.45) is 5.41 Å². The normalized spacial score (nSPS) is 29.9. The van der Waals surface area contributed by atoms with E-state index in [1.807, 2.05) is 34.1 Å². The van der Waals surface area contributed by atoms with Crippen molar-refractivity contribution >= 4 is 6.03 Å². The second kappa shape index (κ2) is 7.46. The molecule has 0 bridgehead atoms. The SMILES string of the molecule is O=C(N1CC(c2ccc(C3CC(O)(C(F)(F)F)C3)cc2)C1)N1CC2(CC(c3n[nH]c(C4CC4)n3)C2)C1. The van der Waals surface area contributed by atoms with E-state index in [1.54, 1.807) is 0 Å². The number of urea groups is 1. The quantitative estimate of drug-likeness (QED) is 0.656. The predicted octanol–water partition coefficient (Wildman–Crippen LogP) is 4.25. The highest BCUT2D eigenvalue weighted by atomic mass is 19.4. The molecular formula is C26H30F3N5O2. The van der Waals surface area contributed by atoms with Crippen LogP contribution in [0.4, 0.5) is 18.0 Å². The van der Waals surface area contributed by atoms with Gasteiger partial charge in [0.25, 0.3) is 0 Å². The third kappa shape index (κ3) is 3.55. The Morgan fingerprint density at radius 3 is 2.11 bits per heavy atom. The van der Waals surface area contributed by atoms with Crippen LogP contribution in [0.25, 0.3) is 0 Å². The first-order valence-electron chi connectivity index (χ1n) is 13.0. The Balaban J connectivity index is 0.863. The zero-order chi connectivity index (χ0) is 24.9. The number of alkyl halides is 3. The smallest absolute Gasteiger partial charge is 0.380 e. The number of halogens is 3. The molecule has 36 heavy (non-hydrogen) atoms. The van der Waals surface area contributed by atoms with E-state index >= 15 is 0 Å². The monoisotopic (exact) mass is 501 g/mol. The number of carbonyl (C=O) groups is 1. The van der Waals surface area contributed by atoms with E-state index in [0.29, 0.717) is 24.9 Å². The van der Waals surface area contributed by atoms with Crippen molar-refractivity contribution in [3.8, 4) is 0 Å². The zero-order valence-electron chi connectivity index (χ0n) is 20.0. The van der Waals surface area contributed by atoms with Gasteiger partial charge in [-0.05, 0) is 55.6 Å². The van der Waals surface area contributed by atoms with Gasteiger partial charge >= 0.3 is 12.2 Å². The van der Waals surface area contributed by atoms with Crippen molar-refractivity contribution < 1.29 is 23.1 Å². The first kappa shape index (κ1) is 22.6. The minimum absolute atomic E-state index is 0.103. The molecule has 5 aliphatic rings. The number of rotatable bonds is 4. The highest BCUT2D eigenvalue weighted by molar-refractivity contribution is 5.77. The lowest BCUT2D eigenvalue weighted by atomic mass is 9.57. The standard InChI is InChI=1S/C26H30F3N5O2/c27-26(28,29)25(36)9-18(10-25)15-1-3-16(4-2-15)20-11-33(12-20)23(35)34-13-24(14-34)7-19(8-24)22-30-21(31-32-22)17-5-6-17/h1-4,17-20,36H,5-14H2,(H,30,31,32). The summed E-state index contributed by atoms with van der Waals surface area (Å²) in [6.45, 7) is 2.96. The van der Waals surface area contributed by atoms with Gasteiger partial charge in [0.1, 0.15) is 5.82 Å². The third-order valence-corrected chi connectivity index (χ3v) is 9.26. The van der Waals surface area contributed by atoms with Crippen molar-refractivity contribution in [3.05, 3.63) is 47.0 Å². The average Bonchev–Trinajstić information content (AvgIpc) is 3.46. The number of nitrogens with one attached hydrogen (secondary N) is 1. The summed E-state index contributed by atoms with van der Waals surface area (Å²) >= 11 is 0. The number of carbonyl (C=O) groups excluding carboxylic acids is 1. The van der Waals surface area contributed by atoms with E-state index in [1.165, 1.54) is 12.8 Å². The van der Waals surface area contributed by atoms with Crippen LogP contribution in [0.5, 0.6) is 0 Å². The molecule has 1 aromatic carbocycles. The number of H-pyrrole nitrogens is 1. The summed E-state index contributed by atoms with van der Waals surface area (Å²) in [5, 5.41) is 17.2. The van der Waals surface area contributed by atoms with E-state index in [-0.39, 0.29) is 36.1 Å². The maximum absolute atomic E-state index is 12.9. The number of nitrogens with zero attached hydrogens (tertiary/aromatic N) is 4. The molecule has 3 heterocycles. The molecule has 5 fully saturated rings. The lowest BCUT2D eigenvalue weighted by Gasteiger charge is -2.59. The second-order valence-corrected chi connectivity index (χ2v) is 12.0. The first-order valence-corrected chi connectivity index (χ1v) is 13.0. The van der Waals surface area contributed by atoms with Crippen LogP contribution < -0.4 is 0 Å². The number of hydrogen-bond donors (Lipinski definition) is 2. The summed E-state index contributed by atoms with van der Waals surface area (Å²) in [6.07, 6.45) is -0.610. The number of likely N-dealkylation sites (tertiary alicyclic amines) is 2. The van der Waals surface area contributed by atoms with Crippen molar-refractivity contribution in [2.75, 3.05) is 26.2 Å². The Morgan fingerprint density at radius 2 is 1.53 bits per heavy atom. The van der Waals surface area contributed by atoms with E-state index in [2.05, 4.69) is 15.2 Å². The Bertz CT molecular complexity index is 1160. The van der Waals surface area contributed by atoms with E-state index in [4.69, 9.17) is 0 Å². The van der Waals surface area contributed by atoms with E-state index in [9.17, 15) is 23.1 Å². The number of benzene rings is 1. The summed E-state index contributed by atoms with van der Waals surface area (Å²) in [6, 6.07) is 7.75. The van der Waals surface area contributed by atoms with Crippen LogP contribution in [0.2, 0.25) is 0 Å². The minimum Gasteiger partial charge on any atom is -0.380 e. The molecule has 1 spiro atoms. The van der Waals surface area contributed by atoms with E-state index in [0.717, 1.165) is 48.7 Å². The Labute approximate surface area is 207 Å². The molecule has 1 aromatic heterocycles. The molecule has 2 amide bonds. The van der Waals surface area contributed by atoms with Gasteiger partial charge in [0, 0.05) is 49.3 Å². The molecular weight excluding hydrogens is 471 g/mol. The van der Waals surface area contributed by atoms with Crippen molar-refractivity contribution in [1.82, 2.24) is 25.0 Å². The minimum atomic E-state index is -4.57. The molecule has 7 nitrogen and oxygen atoms in total. The van der Waals surface area contributed by atoms with Gasteiger partial charge in [0.15, 0.2) is 11.4 Å². The van der Waals surface area contributed by atoms with Gasteiger partial charge < -0.3 is 14.9 Å². The summed E-state index contributed by atoms with van der Waals surface area (Å²) in [5.74, 6) is 2.96. The molecule has 2 aromatic rings. The molecule has 3 saturated carbocycles. The fourth-order valence-corrected chi connectivity index (χ4v) is 6.64. The van der Waals surface area contributed by atoms with Gasteiger partial charge in [0.05, 0.1) is 0 Å². The molecule has 7 rings (SSSR count). The van der Waals surface area contributed by atoms with Crippen LogP contribution in [0, 0.1) is 5.41 Å². The Morgan fingerprint density at radius 1 is 0.917 bits per heavy atom. The number of aromatic nitrogens is 3. The molecule has 3 aliphatic carbocycles. The van der Waals surface area contributed by atoms with Crippen LogP contribution in [-0.4, -0.2) is 74.1 Å². The molecule has 2 N–H and O–H groups in total. The Hall–Kier alpha value is -2.62. The topological polar surface area (TPSA) is 85.4 Å². The lowest BCUT2D eigenvalue weighted by Crippen LogP contribution is -2.67. The van der Waals surface area contributed by atoms with E-state index < -0.39 is 11.8 Å². The highest BCUT2D eigenvalue weighted by Crippen LogP contribution is 2.56. The number of aliphatic hydroxyl groups is 1. The van der Waals surface area contributed by atoms with Gasteiger partial charge in [0.2, 0.25) is 0 Å². The Kier molecular flexibility index (Phi) is 4.68. The maximum atomic E-state index is 12.9. The predicted molar refractivity (Wildman–Crippen MR) is 123 cm³/mol. The molecule has 2 aliphatic heterocycles. The van der Waals surface area contributed by atoms with Gasteiger partial charge in [-0.3, -0.25) is 5.10 Å². The van der Waals surface area contributed by atoms with Crippen LogP contribution in [-0.2, 0) is 0 Å². The zero-order valence-corrected chi connectivity index (χ0v) is 20.0. The fraction of sp³-hybridized carbons (Fsp3) is 0.654. The van der Waals surface area contributed by atoms with Gasteiger partial charge in [-0.2, -0.15) is 18.3 Å². The summed E-state index contributed by atoms with van der Waals surface area (Å²) in [7, 11) is 0. The van der Waals surface area contributed by atoms with Crippen molar-refractivity contribution in [2.45, 2.75) is 74.0 Å². The van der Waals surface area contributed by atoms with Crippen LogP contribution in [0.15, 0.2) is 24.3 Å². The third-order valence-electron chi connectivity index (χ3n) is 9.26. The summed E-state index contributed by atoms with van der Waals surface area (Å²) in [5.41, 5.74) is -0.373. The molecule has 0 radical (unpaired) electrons. The van der Waals surface area contributed by atoms with Crippen molar-refractivity contribution in [1.29, 1.82) is 0 Å². The van der Waals surface area contributed by atoms with Crippen LogP contribution in [0.1, 0.15) is 85.0 Å². The molecule has 0 atom stereocenters. The average molecular weight is 502 g/mol. The van der Waals surface area contributed by atoms with Gasteiger partial charge in [-0.1, -0.05) is 24.3 Å². The van der Waals surface area contributed by atoms with Gasteiger partial charge in [-0.25, -0.2) is 9.78 Å². The lowest BCUT2D eigenvalue weighted by molar-refractivity contribution is -0.291. The van der Waals surface area contributed by atoms with Crippen molar-refractivity contribution in [3.63, 3.8) is 0 Å². The number of aromatic amines is 1. The van der Waals surface area contributed by atoms with Crippen LogP contribution in [0.3, 0.4) is 0 Å². The fourth-order valence-electron chi connectivity index (χ4n) is 6.64. The van der Waals surface area contributed by atoms with Crippen LogP contribution >= 0.6 is 0 Å². The first-order chi connectivity index (χ1) is 17.1.